The lowest BCUT2D eigenvalue weighted by Crippen LogP contribution is -2.51. The third-order valence-corrected chi connectivity index (χ3v) is 3.09. The van der Waals surface area contributed by atoms with Crippen molar-refractivity contribution in [2.75, 3.05) is 0 Å². The van der Waals surface area contributed by atoms with Crippen molar-refractivity contribution in [2.24, 2.45) is 11.7 Å². The smallest absolute Gasteiger partial charge is 0.329 e. The number of aliphatic carboxylic acids is 2. The SMILES string of the molecule is NC1(C(=O)O)c2ccccc2CC1C(=O)O. The average Bonchev–Trinajstić information content (AvgIpc) is 2.54. The molecule has 1 aromatic rings. The van der Waals surface area contributed by atoms with E-state index in [-0.39, 0.29) is 6.42 Å². The van der Waals surface area contributed by atoms with Gasteiger partial charge in [-0.15, -0.1) is 0 Å². The lowest BCUT2D eigenvalue weighted by Gasteiger charge is -2.24. The molecule has 1 aliphatic rings. The molecule has 0 amide bonds. The first-order valence-electron chi connectivity index (χ1n) is 4.81. The third-order valence-electron chi connectivity index (χ3n) is 3.09. The number of carboxylic acids is 2. The van der Waals surface area contributed by atoms with Crippen molar-refractivity contribution in [3.05, 3.63) is 35.4 Å². The fourth-order valence-corrected chi connectivity index (χ4v) is 2.22. The van der Waals surface area contributed by atoms with E-state index in [1.165, 1.54) is 0 Å². The average molecular weight is 221 g/mol. The zero-order valence-corrected chi connectivity index (χ0v) is 8.38. The number of benzene rings is 1. The first kappa shape index (κ1) is 10.6. The standard InChI is InChI=1S/C11H11NO4/c12-11(10(15)16)7-4-2-1-3-6(7)5-8(11)9(13)14/h1-4,8H,5,12H2,(H,13,14)(H,15,16). The van der Waals surface area contributed by atoms with Crippen molar-refractivity contribution >= 4 is 11.9 Å². The molecular weight excluding hydrogens is 210 g/mol. The summed E-state index contributed by atoms with van der Waals surface area (Å²) in [5.74, 6) is -3.59. The van der Waals surface area contributed by atoms with Gasteiger partial charge in [-0.2, -0.15) is 0 Å². The van der Waals surface area contributed by atoms with Gasteiger partial charge in [0.05, 0.1) is 5.92 Å². The second-order valence-corrected chi connectivity index (χ2v) is 3.93. The van der Waals surface area contributed by atoms with Gasteiger partial charge in [-0.25, -0.2) is 4.79 Å². The Kier molecular flexibility index (Phi) is 2.20. The zero-order valence-electron chi connectivity index (χ0n) is 8.38. The van der Waals surface area contributed by atoms with Gasteiger partial charge in [0.2, 0.25) is 0 Å². The lowest BCUT2D eigenvalue weighted by atomic mass is 9.84. The highest BCUT2D eigenvalue weighted by atomic mass is 16.4. The van der Waals surface area contributed by atoms with Crippen LogP contribution in [-0.4, -0.2) is 22.2 Å². The molecule has 0 bridgehead atoms. The maximum atomic E-state index is 11.2. The van der Waals surface area contributed by atoms with E-state index in [2.05, 4.69) is 0 Å². The molecule has 2 atom stereocenters. The summed E-state index contributed by atoms with van der Waals surface area (Å²) in [6, 6.07) is 6.69. The van der Waals surface area contributed by atoms with E-state index in [4.69, 9.17) is 15.9 Å². The Hall–Kier alpha value is -1.88. The second kappa shape index (κ2) is 3.31. The van der Waals surface area contributed by atoms with Crippen molar-refractivity contribution in [1.29, 1.82) is 0 Å². The van der Waals surface area contributed by atoms with Crippen molar-refractivity contribution in [3.8, 4) is 0 Å². The molecule has 16 heavy (non-hydrogen) atoms. The molecule has 1 aromatic carbocycles. The summed E-state index contributed by atoms with van der Waals surface area (Å²) in [6.45, 7) is 0. The van der Waals surface area contributed by atoms with Crippen LogP contribution in [0.4, 0.5) is 0 Å². The van der Waals surface area contributed by atoms with Gasteiger partial charge >= 0.3 is 11.9 Å². The van der Waals surface area contributed by atoms with Gasteiger partial charge in [-0.05, 0) is 17.5 Å². The van der Waals surface area contributed by atoms with Crippen molar-refractivity contribution < 1.29 is 19.8 Å². The van der Waals surface area contributed by atoms with Crippen molar-refractivity contribution in [1.82, 2.24) is 0 Å². The van der Waals surface area contributed by atoms with Crippen LogP contribution in [0.5, 0.6) is 0 Å². The lowest BCUT2D eigenvalue weighted by molar-refractivity contribution is -0.155. The Balaban J connectivity index is 2.61. The van der Waals surface area contributed by atoms with Gasteiger partial charge in [0.25, 0.3) is 0 Å². The van der Waals surface area contributed by atoms with Gasteiger partial charge in [0.1, 0.15) is 0 Å². The second-order valence-electron chi connectivity index (χ2n) is 3.93. The molecule has 0 saturated heterocycles. The number of carboxylic acid groups (broad SMARTS) is 2. The van der Waals surface area contributed by atoms with Crippen LogP contribution in [0.2, 0.25) is 0 Å². The normalized spacial score (nSPS) is 27.4. The van der Waals surface area contributed by atoms with Crippen molar-refractivity contribution in [3.63, 3.8) is 0 Å². The molecule has 0 heterocycles. The molecule has 5 nitrogen and oxygen atoms in total. The van der Waals surface area contributed by atoms with E-state index in [0.29, 0.717) is 11.1 Å². The third kappa shape index (κ3) is 1.22. The van der Waals surface area contributed by atoms with E-state index < -0.39 is 23.4 Å². The Bertz CT molecular complexity index is 471. The minimum Gasteiger partial charge on any atom is -0.481 e. The molecule has 0 radical (unpaired) electrons. The summed E-state index contributed by atoms with van der Waals surface area (Å²) in [5, 5.41) is 18.2. The van der Waals surface area contributed by atoms with Crippen LogP contribution in [0.15, 0.2) is 24.3 Å². The number of rotatable bonds is 2. The molecule has 0 aliphatic heterocycles. The number of carbonyl (C=O) groups is 2. The molecule has 2 unspecified atom stereocenters. The van der Waals surface area contributed by atoms with Gasteiger partial charge in [0, 0.05) is 0 Å². The van der Waals surface area contributed by atoms with Crippen LogP contribution in [0, 0.1) is 5.92 Å². The van der Waals surface area contributed by atoms with Gasteiger partial charge in [0.15, 0.2) is 5.54 Å². The minimum atomic E-state index is -1.82. The van der Waals surface area contributed by atoms with E-state index in [1.807, 2.05) is 0 Å². The molecule has 0 aromatic heterocycles. The molecule has 84 valence electrons. The van der Waals surface area contributed by atoms with Gasteiger partial charge in [-0.1, -0.05) is 24.3 Å². The fourth-order valence-electron chi connectivity index (χ4n) is 2.22. The van der Waals surface area contributed by atoms with Crippen LogP contribution >= 0.6 is 0 Å². The highest BCUT2D eigenvalue weighted by Gasteiger charge is 2.53. The van der Waals surface area contributed by atoms with Crippen LogP contribution in [0.3, 0.4) is 0 Å². The predicted octanol–water partition coefficient (Wildman–Crippen LogP) is 0.182. The number of fused-ring (bicyclic) bond motifs is 1. The number of hydrogen-bond donors (Lipinski definition) is 3. The Morgan fingerprint density at radius 1 is 1.31 bits per heavy atom. The number of nitrogens with two attached hydrogens (primary N) is 1. The van der Waals surface area contributed by atoms with Gasteiger partial charge in [-0.3, -0.25) is 4.79 Å². The summed E-state index contributed by atoms with van der Waals surface area (Å²) < 4.78 is 0. The quantitative estimate of drug-likeness (QED) is 0.661. The summed E-state index contributed by atoms with van der Waals surface area (Å²) in [6.07, 6.45) is 0.161. The first-order valence-corrected chi connectivity index (χ1v) is 4.81. The highest BCUT2D eigenvalue weighted by Crippen LogP contribution is 2.39. The maximum Gasteiger partial charge on any atom is 0.329 e. The monoisotopic (exact) mass is 221 g/mol. The highest BCUT2D eigenvalue weighted by molar-refractivity contribution is 5.90. The topological polar surface area (TPSA) is 101 Å². The molecule has 2 rings (SSSR count). The van der Waals surface area contributed by atoms with E-state index in [0.717, 1.165) is 0 Å². The van der Waals surface area contributed by atoms with E-state index in [1.54, 1.807) is 24.3 Å². The maximum absolute atomic E-state index is 11.2. The fraction of sp³-hybridized carbons (Fsp3) is 0.273. The molecule has 1 aliphatic carbocycles. The summed E-state index contributed by atoms with van der Waals surface area (Å²) in [5.41, 5.74) is 5.05. The molecule has 0 spiro atoms. The van der Waals surface area contributed by atoms with Crippen LogP contribution in [-0.2, 0) is 21.5 Å². The van der Waals surface area contributed by atoms with Crippen LogP contribution < -0.4 is 5.73 Å². The first-order chi connectivity index (χ1) is 7.48. The summed E-state index contributed by atoms with van der Waals surface area (Å²) in [4.78, 5) is 22.3. The molecule has 4 N–H and O–H groups in total. The van der Waals surface area contributed by atoms with Crippen LogP contribution in [0.1, 0.15) is 11.1 Å². The van der Waals surface area contributed by atoms with E-state index >= 15 is 0 Å². The minimum absolute atomic E-state index is 0.161. The molecule has 0 saturated carbocycles. The predicted molar refractivity (Wildman–Crippen MR) is 54.8 cm³/mol. The molecule has 5 heteroatoms. The van der Waals surface area contributed by atoms with E-state index in [9.17, 15) is 9.59 Å². The Morgan fingerprint density at radius 3 is 2.50 bits per heavy atom. The molecule has 0 fully saturated rings. The van der Waals surface area contributed by atoms with Gasteiger partial charge < -0.3 is 15.9 Å². The van der Waals surface area contributed by atoms with Crippen LogP contribution in [0.25, 0.3) is 0 Å². The largest absolute Gasteiger partial charge is 0.481 e. The van der Waals surface area contributed by atoms with Crippen molar-refractivity contribution in [2.45, 2.75) is 12.0 Å². The summed E-state index contributed by atoms with van der Waals surface area (Å²) >= 11 is 0. The Morgan fingerprint density at radius 2 is 1.94 bits per heavy atom. The Labute approximate surface area is 91.5 Å². The summed E-state index contributed by atoms with van der Waals surface area (Å²) in [7, 11) is 0. The molecular formula is C11H11NO4. The number of hydrogen-bond acceptors (Lipinski definition) is 3. The zero-order chi connectivity index (χ0) is 11.9.